The van der Waals surface area contributed by atoms with E-state index in [1.807, 2.05) is 76.3 Å². The maximum atomic E-state index is 13.2. The normalized spacial score (nSPS) is 12.9. The van der Waals surface area contributed by atoms with Crippen molar-refractivity contribution in [3.63, 3.8) is 0 Å². The molecular formula is C31H25N3O. The Morgan fingerprint density at radius 2 is 1.31 bits per heavy atom. The zero-order valence-corrected chi connectivity index (χ0v) is 19.3. The lowest BCUT2D eigenvalue weighted by molar-refractivity contribution is 0.0734. The van der Waals surface area contributed by atoms with Crippen LogP contribution in [0.2, 0.25) is 0 Å². The molecule has 4 aromatic carbocycles. The van der Waals surface area contributed by atoms with Gasteiger partial charge >= 0.3 is 0 Å². The maximum Gasteiger partial charge on any atom is 0.254 e. The Morgan fingerprint density at radius 3 is 2.03 bits per heavy atom. The van der Waals surface area contributed by atoms with Gasteiger partial charge in [-0.1, -0.05) is 84.9 Å². The average molecular weight is 456 g/mol. The van der Waals surface area contributed by atoms with Gasteiger partial charge in [-0.05, 0) is 47.9 Å². The molecular weight excluding hydrogens is 430 g/mol. The SMILES string of the molecule is O=C(c1ccc(-n2nc(-c3ccccc3)cc2-c2ccccc2)cc1)N1CCc2ccccc2C1. The Bertz CT molecular complexity index is 1470. The van der Waals surface area contributed by atoms with Crippen molar-refractivity contribution in [1.82, 2.24) is 14.7 Å². The molecule has 35 heavy (non-hydrogen) atoms. The van der Waals surface area contributed by atoms with Crippen LogP contribution in [0.1, 0.15) is 21.5 Å². The summed E-state index contributed by atoms with van der Waals surface area (Å²) in [6, 6.07) is 38.8. The lowest BCUT2D eigenvalue weighted by Gasteiger charge is -2.29. The highest BCUT2D eigenvalue weighted by atomic mass is 16.2. The molecule has 0 N–H and O–H groups in total. The van der Waals surface area contributed by atoms with Crippen LogP contribution in [0, 0.1) is 0 Å². The fourth-order valence-electron chi connectivity index (χ4n) is 4.74. The van der Waals surface area contributed by atoms with Gasteiger partial charge in [0.15, 0.2) is 0 Å². The Hall–Kier alpha value is -4.44. The maximum absolute atomic E-state index is 13.2. The summed E-state index contributed by atoms with van der Waals surface area (Å²) in [5.41, 5.74) is 8.29. The van der Waals surface area contributed by atoms with E-state index in [4.69, 9.17) is 5.10 Å². The molecule has 0 unspecified atom stereocenters. The van der Waals surface area contributed by atoms with Crippen molar-refractivity contribution < 1.29 is 4.79 Å². The number of hydrogen-bond donors (Lipinski definition) is 0. The smallest absolute Gasteiger partial charge is 0.254 e. The van der Waals surface area contributed by atoms with Gasteiger partial charge in [-0.2, -0.15) is 5.10 Å². The molecule has 5 aromatic rings. The zero-order chi connectivity index (χ0) is 23.6. The molecule has 2 heterocycles. The minimum Gasteiger partial charge on any atom is -0.334 e. The van der Waals surface area contributed by atoms with Crippen LogP contribution in [-0.2, 0) is 13.0 Å². The first kappa shape index (κ1) is 21.1. The number of nitrogens with zero attached hydrogens (tertiary/aromatic N) is 3. The van der Waals surface area contributed by atoms with E-state index in [0.29, 0.717) is 12.1 Å². The van der Waals surface area contributed by atoms with Crippen molar-refractivity contribution in [3.8, 4) is 28.2 Å². The molecule has 0 aliphatic carbocycles. The van der Waals surface area contributed by atoms with Crippen molar-refractivity contribution in [3.05, 3.63) is 132 Å². The van der Waals surface area contributed by atoms with Crippen LogP contribution in [0.5, 0.6) is 0 Å². The second-order valence-electron chi connectivity index (χ2n) is 8.85. The minimum absolute atomic E-state index is 0.0692. The lowest BCUT2D eigenvalue weighted by atomic mass is 9.99. The number of aromatic nitrogens is 2. The van der Waals surface area contributed by atoms with Crippen molar-refractivity contribution in [2.75, 3.05) is 6.54 Å². The molecule has 1 amide bonds. The van der Waals surface area contributed by atoms with Gasteiger partial charge in [-0.3, -0.25) is 4.79 Å². The first-order valence-electron chi connectivity index (χ1n) is 11.9. The lowest BCUT2D eigenvalue weighted by Crippen LogP contribution is -2.35. The Morgan fingerprint density at radius 1 is 0.686 bits per heavy atom. The number of carbonyl (C=O) groups excluding carboxylic acids is 1. The van der Waals surface area contributed by atoms with Crippen molar-refractivity contribution in [2.45, 2.75) is 13.0 Å². The third-order valence-corrected chi connectivity index (χ3v) is 6.63. The molecule has 0 saturated heterocycles. The first-order valence-corrected chi connectivity index (χ1v) is 11.9. The van der Waals surface area contributed by atoms with E-state index in [1.165, 1.54) is 11.1 Å². The Kier molecular flexibility index (Phi) is 5.47. The molecule has 4 nitrogen and oxygen atoms in total. The Labute approximate surface area is 205 Å². The molecule has 1 aliphatic heterocycles. The van der Waals surface area contributed by atoms with Crippen LogP contribution in [0.4, 0.5) is 0 Å². The van der Waals surface area contributed by atoms with Crippen LogP contribution in [0.25, 0.3) is 28.2 Å². The molecule has 1 aliphatic rings. The van der Waals surface area contributed by atoms with Crippen LogP contribution in [0.15, 0.2) is 115 Å². The van der Waals surface area contributed by atoms with Gasteiger partial charge in [-0.25, -0.2) is 4.68 Å². The minimum atomic E-state index is 0.0692. The van der Waals surface area contributed by atoms with Gasteiger partial charge in [0.1, 0.15) is 0 Å². The average Bonchev–Trinajstić information content (AvgIpc) is 3.39. The topological polar surface area (TPSA) is 38.1 Å². The quantitative estimate of drug-likeness (QED) is 0.314. The van der Waals surface area contributed by atoms with Gasteiger partial charge in [-0.15, -0.1) is 0 Å². The Balaban J connectivity index is 1.32. The third kappa shape index (κ3) is 4.15. The second kappa shape index (κ2) is 9.07. The third-order valence-electron chi connectivity index (χ3n) is 6.63. The van der Waals surface area contributed by atoms with E-state index >= 15 is 0 Å². The molecule has 0 radical (unpaired) electrons. The van der Waals surface area contributed by atoms with Crippen LogP contribution in [-0.4, -0.2) is 27.1 Å². The molecule has 0 fully saturated rings. The summed E-state index contributed by atoms with van der Waals surface area (Å²) >= 11 is 0. The zero-order valence-electron chi connectivity index (χ0n) is 19.3. The number of carbonyl (C=O) groups is 1. The highest BCUT2D eigenvalue weighted by Crippen LogP contribution is 2.29. The fourth-order valence-corrected chi connectivity index (χ4v) is 4.74. The summed E-state index contributed by atoms with van der Waals surface area (Å²) in [5.74, 6) is 0.0692. The van der Waals surface area contributed by atoms with Gasteiger partial charge in [0.25, 0.3) is 5.91 Å². The predicted molar refractivity (Wildman–Crippen MR) is 139 cm³/mol. The summed E-state index contributed by atoms with van der Waals surface area (Å²) in [7, 11) is 0. The van der Waals surface area contributed by atoms with E-state index in [9.17, 15) is 4.79 Å². The van der Waals surface area contributed by atoms with E-state index in [0.717, 1.165) is 41.2 Å². The molecule has 1 aromatic heterocycles. The number of benzene rings is 4. The molecule has 0 spiro atoms. The largest absolute Gasteiger partial charge is 0.334 e. The van der Waals surface area contributed by atoms with Crippen LogP contribution in [0.3, 0.4) is 0 Å². The summed E-state index contributed by atoms with van der Waals surface area (Å²) in [6.45, 7) is 1.41. The highest BCUT2D eigenvalue weighted by molar-refractivity contribution is 5.94. The van der Waals surface area contributed by atoms with E-state index < -0.39 is 0 Å². The van der Waals surface area contributed by atoms with E-state index in [2.05, 4.69) is 48.5 Å². The van der Waals surface area contributed by atoms with E-state index in [1.54, 1.807) is 0 Å². The predicted octanol–water partition coefficient (Wildman–Crippen LogP) is 6.40. The summed E-state index contributed by atoms with van der Waals surface area (Å²) in [4.78, 5) is 15.2. The standard InChI is InChI=1S/C31H25N3O/c35-31(33-20-19-23-9-7-8-14-27(23)22-33)26-15-17-28(18-16-26)34-30(25-12-5-2-6-13-25)21-29(32-34)24-10-3-1-4-11-24/h1-18,21H,19-20,22H2. The van der Waals surface area contributed by atoms with Gasteiger partial charge in [0.05, 0.1) is 17.1 Å². The van der Waals surface area contributed by atoms with Gasteiger partial charge in [0, 0.05) is 29.8 Å². The highest BCUT2D eigenvalue weighted by Gasteiger charge is 2.22. The molecule has 0 saturated carbocycles. The van der Waals surface area contributed by atoms with Gasteiger partial charge < -0.3 is 4.90 Å². The summed E-state index contributed by atoms with van der Waals surface area (Å²) in [6.07, 6.45) is 0.899. The first-order chi connectivity index (χ1) is 17.3. The summed E-state index contributed by atoms with van der Waals surface area (Å²) < 4.78 is 1.96. The summed E-state index contributed by atoms with van der Waals surface area (Å²) in [5, 5.41) is 4.94. The molecule has 0 atom stereocenters. The molecule has 4 heteroatoms. The van der Waals surface area contributed by atoms with Crippen molar-refractivity contribution in [1.29, 1.82) is 0 Å². The second-order valence-corrected chi connectivity index (χ2v) is 8.85. The number of amides is 1. The number of hydrogen-bond acceptors (Lipinski definition) is 2. The molecule has 6 rings (SSSR count). The fraction of sp³-hybridized carbons (Fsp3) is 0.0968. The van der Waals surface area contributed by atoms with Crippen LogP contribution >= 0.6 is 0 Å². The van der Waals surface area contributed by atoms with Crippen molar-refractivity contribution >= 4 is 5.91 Å². The van der Waals surface area contributed by atoms with Crippen molar-refractivity contribution in [2.24, 2.45) is 0 Å². The molecule has 0 bridgehead atoms. The number of rotatable bonds is 4. The number of fused-ring (bicyclic) bond motifs is 1. The van der Waals surface area contributed by atoms with E-state index in [-0.39, 0.29) is 5.91 Å². The van der Waals surface area contributed by atoms with Crippen LogP contribution < -0.4 is 0 Å². The van der Waals surface area contributed by atoms with Gasteiger partial charge in [0.2, 0.25) is 0 Å². The molecule has 170 valence electrons. The monoisotopic (exact) mass is 455 g/mol.